The summed E-state index contributed by atoms with van der Waals surface area (Å²) in [6.45, 7) is 6.70. The predicted molar refractivity (Wildman–Crippen MR) is 69.7 cm³/mol. The number of hydrogen-bond acceptors (Lipinski definition) is 4. The topological polar surface area (TPSA) is 87.2 Å². The molecule has 0 radical (unpaired) electrons. The Hall–Kier alpha value is -1.40. The molecule has 1 aromatic heterocycles. The van der Waals surface area contributed by atoms with Gasteiger partial charge in [0.15, 0.2) is 0 Å². The Morgan fingerprint density at radius 2 is 2.42 bits per heavy atom. The second-order valence-corrected chi connectivity index (χ2v) is 5.57. The molecule has 6 nitrogen and oxygen atoms in total. The molecule has 0 aliphatic heterocycles. The number of H-pyrrole nitrogens is 1. The van der Waals surface area contributed by atoms with Crippen LogP contribution < -0.4 is 5.32 Å². The van der Waals surface area contributed by atoms with Crippen molar-refractivity contribution in [2.75, 3.05) is 13.2 Å². The smallest absolute Gasteiger partial charge is 0.254 e. The summed E-state index contributed by atoms with van der Waals surface area (Å²) in [5, 5.41) is 19.6. The quantitative estimate of drug-likeness (QED) is 0.733. The number of nitrogens with one attached hydrogen (secondary N) is 2. The number of aromatic amines is 1. The van der Waals surface area contributed by atoms with Gasteiger partial charge in [0.25, 0.3) is 5.91 Å². The van der Waals surface area contributed by atoms with Gasteiger partial charge in [-0.15, -0.1) is 0 Å². The van der Waals surface area contributed by atoms with Crippen LogP contribution in [0.4, 0.5) is 0 Å². The molecule has 19 heavy (non-hydrogen) atoms. The third-order valence-corrected chi connectivity index (χ3v) is 4.20. The molecule has 1 aliphatic rings. The SMILES string of the molecule is CCO[C@@H]1C[C@@](O)(CNC(=O)c2cn[nH]c2)C1(C)C. The fourth-order valence-electron chi connectivity index (χ4n) is 2.47. The summed E-state index contributed by atoms with van der Waals surface area (Å²) < 4.78 is 5.58. The number of aromatic nitrogens is 2. The molecule has 2 atom stereocenters. The molecule has 6 heteroatoms. The molecule has 0 aromatic carbocycles. The Morgan fingerprint density at radius 3 is 2.95 bits per heavy atom. The van der Waals surface area contributed by atoms with E-state index < -0.39 is 5.60 Å². The average Bonchev–Trinajstić information content (AvgIpc) is 2.89. The summed E-state index contributed by atoms with van der Waals surface area (Å²) in [5.41, 5.74) is -0.832. The summed E-state index contributed by atoms with van der Waals surface area (Å²) >= 11 is 0. The van der Waals surface area contributed by atoms with Crippen LogP contribution in [0.15, 0.2) is 12.4 Å². The highest BCUT2D eigenvalue weighted by Crippen LogP contribution is 2.50. The number of aliphatic hydroxyl groups is 1. The molecular formula is C13H21N3O3. The number of hydrogen-bond donors (Lipinski definition) is 3. The molecule has 1 amide bonds. The monoisotopic (exact) mass is 267 g/mol. The Bertz CT molecular complexity index is 444. The van der Waals surface area contributed by atoms with Crippen LogP contribution in [0.1, 0.15) is 37.6 Å². The molecule has 0 unspecified atom stereocenters. The van der Waals surface area contributed by atoms with E-state index in [1.54, 1.807) is 0 Å². The highest BCUT2D eigenvalue weighted by Gasteiger charge is 2.59. The number of carbonyl (C=O) groups excluding carboxylic acids is 1. The number of carbonyl (C=O) groups is 1. The minimum Gasteiger partial charge on any atom is -0.387 e. The summed E-state index contributed by atoms with van der Waals surface area (Å²) in [7, 11) is 0. The molecule has 106 valence electrons. The van der Waals surface area contributed by atoms with Gasteiger partial charge in [-0.3, -0.25) is 9.89 Å². The van der Waals surface area contributed by atoms with Crippen molar-refractivity contribution in [3.05, 3.63) is 18.0 Å². The van der Waals surface area contributed by atoms with Crippen molar-refractivity contribution in [2.45, 2.75) is 38.9 Å². The molecule has 2 rings (SSSR count). The molecule has 0 bridgehead atoms. The lowest BCUT2D eigenvalue weighted by atomic mass is 9.56. The predicted octanol–water partition coefficient (Wildman–Crippen LogP) is 0.706. The van der Waals surface area contributed by atoms with Gasteiger partial charge in [-0.05, 0) is 6.92 Å². The fraction of sp³-hybridized carbons (Fsp3) is 0.692. The minimum atomic E-state index is -0.924. The summed E-state index contributed by atoms with van der Waals surface area (Å²) in [4.78, 5) is 11.8. The lowest BCUT2D eigenvalue weighted by Crippen LogP contribution is -2.68. The first-order valence-corrected chi connectivity index (χ1v) is 6.51. The zero-order valence-corrected chi connectivity index (χ0v) is 11.6. The van der Waals surface area contributed by atoms with Crippen molar-refractivity contribution in [3.8, 4) is 0 Å². The molecule has 1 fully saturated rings. The summed E-state index contributed by atoms with van der Waals surface area (Å²) in [5.74, 6) is -0.238. The zero-order valence-electron chi connectivity index (χ0n) is 11.6. The van der Waals surface area contributed by atoms with Crippen molar-refractivity contribution in [1.82, 2.24) is 15.5 Å². The van der Waals surface area contributed by atoms with Crippen molar-refractivity contribution < 1.29 is 14.6 Å². The van der Waals surface area contributed by atoms with Crippen molar-refractivity contribution >= 4 is 5.91 Å². The van der Waals surface area contributed by atoms with E-state index in [2.05, 4.69) is 15.5 Å². The number of amides is 1. The van der Waals surface area contributed by atoms with Crippen molar-refractivity contribution in [1.29, 1.82) is 0 Å². The molecular weight excluding hydrogens is 246 g/mol. The van der Waals surface area contributed by atoms with E-state index in [0.29, 0.717) is 18.6 Å². The van der Waals surface area contributed by atoms with Crippen LogP contribution >= 0.6 is 0 Å². The first-order valence-electron chi connectivity index (χ1n) is 6.51. The average molecular weight is 267 g/mol. The van der Waals surface area contributed by atoms with Crippen LogP contribution in [0, 0.1) is 5.41 Å². The van der Waals surface area contributed by atoms with Crippen LogP contribution in [-0.2, 0) is 4.74 Å². The highest BCUT2D eigenvalue weighted by atomic mass is 16.5. The van der Waals surface area contributed by atoms with E-state index in [0.717, 1.165) is 0 Å². The lowest BCUT2D eigenvalue weighted by Gasteiger charge is -2.57. The number of nitrogens with zero attached hydrogens (tertiary/aromatic N) is 1. The van der Waals surface area contributed by atoms with Crippen LogP contribution in [0.5, 0.6) is 0 Å². The largest absolute Gasteiger partial charge is 0.387 e. The van der Waals surface area contributed by atoms with E-state index in [1.807, 2.05) is 20.8 Å². The van der Waals surface area contributed by atoms with Gasteiger partial charge >= 0.3 is 0 Å². The Labute approximate surface area is 112 Å². The second kappa shape index (κ2) is 4.94. The summed E-state index contributed by atoms with van der Waals surface area (Å²) in [6.07, 6.45) is 3.55. The third kappa shape index (κ3) is 2.37. The maximum atomic E-state index is 11.8. The first-order chi connectivity index (χ1) is 8.90. The van der Waals surface area contributed by atoms with Crippen LogP contribution in [0.2, 0.25) is 0 Å². The van der Waals surface area contributed by atoms with Gasteiger partial charge < -0.3 is 15.2 Å². The lowest BCUT2D eigenvalue weighted by molar-refractivity contribution is -0.237. The van der Waals surface area contributed by atoms with Gasteiger partial charge in [0.1, 0.15) is 0 Å². The van der Waals surface area contributed by atoms with Gasteiger partial charge in [0, 0.05) is 31.2 Å². The van der Waals surface area contributed by atoms with Crippen LogP contribution in [0.25, 0.3) is 0 Å². The second-order valence-electron chi connectivity index (χ2n) is 5.57. The Kier molecular flexibility index (Phi) is 3.64. The molecule has 3 N–H and O–H groups in total. The zero-order chi connectivity index (χ0) is 14.1. The molecule has 1 aromatic rings. The van der Waals surface area contributed by atoms with Gasteiger partial charge in [0.05, 0.1) is 23.5 Å². The maximum Gasteiger partial charge on any atom is 0.254 e. The van der Waals surface area contributed by atoms with Gasteiger partial charge in [-0.1, -0.05) is 13.8 Å². The van der Waals surface area contributed by atoms with E-state index in [9.17, 15) is 9.90 Å². The number of rotatable bonds is 5. The van der Waals surface area contributed by atoms with Crippen molar-refractivity contribution in [3.63, 3.8) is 0 Å². The van der Waals surface area contributed by atoms with Crippen molar-refractivity contribution in [2.24, 2.45) is 5.41 Å². The fourth-order valence-corrected chi connectivity index (χ4v) is 2.47. The third-order valence-electron chi connectivity index (χ3n) is 4.20. The van der Waals surface area contributed by atoms with Crippen LogP contribution in [-0.4, -0.2) is 46.1 Å². The first kappa shape index (κ1) is 14.0. The summed E-state index contributed by atoms with van der Waals surface area (Å²) in [6, 6.07) is 0. The van der Waals surface area contributed by atoms with Crippen LogP contribution in [0.3, 0.4) is 0 Å². The van der Waals surface area contributed by atoms with E-state index in [1.165, 1.54) is 12.4 Å². The molecule has 0 saturated heterocycles. The Morgan fingerprint density at radius 1 is 1.68 bits per heavy atom. The van der Waals surface area contributed by atoms with E-state index in [-0.39, 0.29) is 24.0 Å². The Balaban J connectivity index is 1.91. The normalized spacial score (nSPS) is 28.7. The number of ether oxygens (including phenoxy) is 1. The molecule has 1 heterocycles. The maximum absolute atomic E-state index is 11.8. The highest BCUT2D eigenvalue weighted by molar-refractivity contribution is 5.93. The molecule has 1 saturated carbocycles. The van der Waals surface area contributed by atoms with E-state index in [4.69, 9.17) is 4.74 Å². The molecule has 1 aliphatic carbocycles. The molecule has 0 spiro atoms. The van der Waals surface area contributed by atoms with E-state index >= 15 is 0 Å². The van der Waals surface area contributed by atoms with Gasteiger partial charge in [0.2, 0.25) is 0 Å². The van der Waals surface area contributed by atoms with Gasteiger partial charge in [-0.25, -0.2) is 0 Å². The minimum absolute atomic E-state index is 0.0355. The van der Waals surface area contributed by atoms with Gasteiger partial charge in [-0.2, -0.15) is 5.10 Å². The standard InChI is InChI=1S/C13H21N3O3/c1-4-19-10-5-13(18,12(10,2)3)8-14-11(17)9-6-15-16-7-9/h6-7,10,18H,4-5,8H2,1-3H3,(H,14,17)(H,15,16)/t10-,13-/m1/s1.